The Morgan fingerprint density at radius 3 is 1.63 bits per heavy atom. The SMILES string of the molecule is c1ccc(-c2cccc(-c3cc(-c4ccc(-c5cccnc5)cc4)nc(-c4cccc(-c5ccc6ccccc6c5)c4)n3)c2)cc1. The van der Waals surface area contributed by atoms with Crippen molar-refractivity contribution in [1.82, 2.24) is 15.0 Å². The van der Waals surface area contributed by atoms with Crippen LogP contribution in [-0.4, -0.2) is 15.0 Å². The average Bonchev–Trinajstić information content (AvgIpc) is 3.15. The van der Waals surface area contributed by atoms with Crippen molar-refractivity contribution in [3.8, 4) is 67.3 Å². The Hall–Kier alpha value is -6.19. The fraction of sp³-hybridized carbons (Fsp3) is 0. The van der Waals surface area contributed by atoms with Crippen LogP contribution in [0.4, 0.5) is 0 Å². The van der Waals surface area contributed by atoms with Gasteiger partial charge in [0.1, 0.15) is 0 Å². The van der Waals surface area contributed by atoms with Crippen LogP contribution >= 0.6 is 0 Å². The molecule has 0 unspecified atom stereocenters. The molecule has 2 aromatic heterocycles. The lowest BCUT2D eigenvalue weighted by molar-refractivity contribution is 1.18. The molecule has 46 heavy (non-hydrogen) atoms. The Bertz CT molecular complexity index is 2290. The molecule has 0 saturated carbocycles. The van der Waals surface area contributed by atoms with Crippen molar-refractivity contribution in [1.29, 1.82) is 0 Å². The number of fused-ring (bicyclic) bond motifs is 1. The van der Waals surface area contributed by atoms with Gasteiger partial charge in [-0.2, -0.15) is 0 Å². The molecule has 0 radical (unpaired) electrons. The van der Waals surface area contributed by atoms with Crippen molar-refractivity contribution in [2.75, 3.05) is 0 Å². The van der Waals surface area contributed by atoms with Crippen LogP contribution in [0.5, 0.6) is 0 Å². The van der Waals surface area contributed by atoms with Crippen molar-refractivity contribution in [3.05, 3.63) is 176 Å². The zero-order chi connectivity index (χ0) is 30.7. The van der Waals surface area contributed by atoms with Gasteiger partial charge in [0.15, 0.2) is 5.82 Å². The largest absolute Gasteiger partial charge is 0.264 e. The standard InChI is InChI=1S/C43H29N3/c1-2-9-30(10-3-1)35-13-6-15-38(26-35)42-28-41(33-21-18-32(19-22-33)40-17-8-24-44-29-40)45-43(46-42)39-16-7-14-36(27-39)37-23-20-31-11-4-5-12-34(31)25-37/h1-29H. The summed E-state index contributed by atoms with van der Waals surface area (Å²) >= 11 is 0. The van der Waals surface area contributed by atoms with Crippen LogP contribution in [0.2, 0.25) is 0 Å². The fourth-order valence-electron chi connectivity index (χ4n) is 5.93. The molecular weight excluding hydrogens is 558 g/mol. The number of hydrogen-bond acceptors (Lipinski definition) is 3. The van der Waals surface area contributed by atoms with E-state index >= 15 is 0 Å². The first-order chi connectivity index (χ1) is 22.8. The Labute approximate surface area is 268 Å². The van der Waals surface area contributed by atoms with Gasteiger partial charge in [0, 0.05) is 29.1 Å². The Morgan fingerprint density at radius 1 is 0.304 bits per heavy atom. The predicted molar refractivity (Wildman–Crippen MR) is 190 cm³/mol. The molecule has 0 saturated heterocycles. The van der Waals surface area contributed by atoms with Crippen LogP contribution in [0.3, 0.4) is 0 Å². The van der Waals surface area contributed by atoms with Crippen molar-refractivity contribution in [2.45, 2.75) is 0 Å². The first kappa shape index (κ1) is 27.4. The zero-order valence-corrected chi connectivity index (χ0v) is 25.1. The van der Waals surface area contributed by atoms with Gasteiger partial charge in [-0.25, -0.2) is 9.97 Å². The Kier molecular flexibility index (Phi) is 7.18. The first-order valence-corrected chi connectivity index (χ1v) is 15.4. The summed E-state index contributed by atoms with van der Waals surface area (Å²) in [6, 6.07) is 57.3. The minimum absolute atomic E-state index is 0.691. The van der Waals surface area contributed by atoms with Gasteiger partial charge in [-0.3, -0.25) is 4.98 Å². The van der Waals surface area contributed by atoms with E-state index in [4.69, 9.17) is 9.97 Å². The molecule has 0 bridgehead atoms. The average molecular weight is 588 g/mol. The van der Waals surface area contributed by atoms with E-state index in [-0.39, 0.29) is 0 Å². The maximum atomic E-state index is 5.16. The zero-order valence-electron chi connectivity index (χ0n) is 25.1. The molecule has 3 nitrogen and oxygen atoms in total. The third-order valence-corrected chi connectivity index (χ3v) is 8.37. The highest BCUT2D eigenvalue weighted by atomic mass is 14.9. The molecule has 0 aliphatic rings. The maximum Gasteiger partial charge on any atom is 0.160 e. The molecule has 0 aliphatic heterocycles. The van der Waals surface area contributed by atoms with E-state index in [2.05, 4.69) is 157 Å². The third kappa shape index (κ3) is 5.58. The van der Waals surface area contributed by atoms with E-state index in [1.807, 2.05) is 18.3 Å². The molecule has 0 amide bonds. The molecule has 0 fully saturated rings. The smallest absolute Gasteiger partial charge is 0.160 e. The summed E-state index contributed by atoms with van der Waals surface area (Å²) in [7, 11) is 0. The first-order valence-electron chi connectivity index (χ1n) is 15.4. The van der Waals surface area contributed by atoms with Gasteiger partial charge >= 0.3 is 0 Å². The third-order valence-electron chi connectivity index (χ3n) is 8.37. The second-order valence-corrected chi connectivity index (χ2v) is 11.4. The minimum Gasteiger partial charge on any atom is -0.264 e. The molecular formula is C43H29N3. The van der Waals surface area contributed by atoms with Crippen molar-refractivity contribution < 1.29 is 0 Å². The van der Waals surface area contributed by atoms with Gasteiger partial charge in [0.25, 0.3) is 0 Å². The van der Waals surface area contributed by atoms with E-state index in [9.17, 15) is 0 Å². The van der Waals surface area contributed by atoms with E-state index in [0.717, 1.165) is 50.3 Å². The lowest BCUT2D eigenvalue weighted by atomic mass is 9.98. The Balaban J connectivity index is 1.24. The highest BCUT2D eigenvalue weighted by Gasteiger charge is 2.13. The number of benzene rings is 6. The van der Waals surface area contributed by atoms with Gasteiger partial charge in [0.05, 0.1) is 11.4 Å². The van der Waals surface area contributed by atoms with Crippen LogP contribution in [0.15, 0.2) is 176 Å². The highest BCUT2D eigenvalue weighted by Crippen LogP contribution is 2.33. The lowest BCUT2D eigenvalue weighted by Crippen LogP contribution is -1.96. The number of aromatic nitrogens is 3. The number of pyridine rings is 1. The molecule has 0 N–H and O–H groups in total. The van der Waals surface area contributed by atoms with Crippen LogP contribution in [0.25, 0.3) is 78.1 Å². The van der Waals surface area contributed by atoms with Crippen molar-refractivity contribution in [3.63, 3.8) is 0 Å². The second-order valence-electron chi connectivity index (χ2n) is 11.4. The fourth-order valence-corrected chi connectivity index (χ4v) is 5.93. The van der Waals surface area contributed by atoms with E-state index in [0.29, 0.717) is 5.82 Å². The van der Waals surface area contributed by atoms with Gasteiger partial charge in [-0.15, -0.1) is 0 Å². The Morgan fingerprint density at radius 2 is 0.848 bits per heavy atom. The molecule has 0 atom stereocenters. The minimum atomic E-state index is 0.691. The molecule has 2 heterocycles. The highest BCUT2D eigenvalue weighted by molar-refractivity contribution is 5.88. The van der Waals surface area contributed by atoms with Gasteiger partial charge < -0.3 is 0 Å². The topological polar surface area (TPSA) is 38.7 Å². The summed E-state index contributed by atoms with van der Waals surface area (Å²) in [5, 5.41) is 2.45. The maximum absolute atomic E-state index is 5.16. The van der Waals surface area contributed by atoms with Crippen molar-refractivity contribution in [2.24, 2.45) is 0 Å². The molecule has 6 aromatic carbocycles. The summed E-state index contributed by atoms with van der Waals surface area (Å²) in [6.45, 7) is 0. The van der Waals surface area contributed by atoms with Gasteiger partial charge in [-0.1, -0.05) is 133 Å². The van der Waals surface area contributed by atoms with Gasteiger partial charge in [0.2, 0.25) is 0 Å². The number of nitrogens with zero attached hydrogens (tertiary/aromatic N) is 3. The summed E-state index contributed by atoms with van der Waals surface area (Å²) < 4.78 is 0. The molecule has 0 aliphatic carbocycles. The van der Waals surface area contributed by atoms with E-state index < -0.39 is 0 Å². The molecule has 0 spiro atoms. The summed E-state index contributed by atoms with van der Waals surface area (Å²) in [4.78, 5) is 14.6. The molecule has 8 rings (SSSR count). The van der Waals surface area contributed by atoms with Crippen LogP contribution in [-0.2, 0) is 0 Å². The quantitative estimate of drug-likeness (QED) is 0.194. The normalized spacial score (nSPS) is 11.0. The van der Waals surface area contributed by atoms with Crippen LogP contribution in [0.1, 0.15) is 0 Å². The van der Waals surface area contributed by atoms with Crippen molar-refractivity contribution >= 4 is 10.8 Å². The van der Waals surface area contributed by atoms with Crippen LogP contribution < -0.4 is 0 Å². The summed E-state index contributed by atoms with van der Waals surface area (Å²) in [6.07, 6.45) is 3.68. The predicted octanol–water partition coefficient (Wildman–Crippen LogP) is 11.0. The van der Waals surface area contributed by atoms with Gasteiger partial charge in [-0.05, 0) is 74.5 Å². The van der Waals surface area contributed by atoms with E-state index in [1.54, 1.807) is 6.20 Å². The van der Waals surface area contributed by atoms with E-state index in [1.165, 1.54) is 21.9 Å². The summed E-state index contributed by atoms with van der Waals surface area (Å²) in [5.41, 5.74) is 11.6. The molecule has 8 aromatic rings. The van der Waals surface area contributed by atoms with Crippen LogP contribution in [0, 0.1) is 0 Å². The monoisotopic (exact) mass is 587 g/mol. The lowest BCUT2D eigenvalue weighted by Gasteiger charge is -2.12. The second kappa shape index (κ2) is 12.1. The summed E-state index contributed by atoms with van der Waals surface area (Å²) in [5.74, 6) is 0.691. The number of rotatable bonds is 6. The molecule has 216 valence electrons. The molecule has 3 heteroatoms. The number of hydrogen-bond donors (Lipinski definition) is 0.